The Balaban J connectivity index is 2.13. The van der Waals surface area contributed by atoms with Crippen LogP contribution in [0.15, 0.2) is 27.4 Å². The minimum atomic E-state index is -1.50. The average molecular weight is 536 g/mol. The monoisotopic (exact) mass is 536 g/mol. The molecule has 1 aromatic carbocycles. The molecule has 206 valence electrons. The minimum absolute atomic E-state index is 0.00231. The van der Waals surface area contributed by atoms with Crippen LogP contribution >= 0.6 is 0 Å². The molecule has 13 nitrogen and oxygen atoms in total. The summed E-state index contributed by atoms with van der Waals surface area (Å²) >= 11 is 0. The van der Waals surface area contributed by atoms with Gasteiger partial charge in [0.2, 0.25) is 12.4 Å². The van der Waals surface area contributed by atoms with Crippen LogP contribution < -0.4 is 15.1 Å². The van der Waals surface area contributed by atoms with Crippen LogP contribution in [0.25, 0.3) is 11.0 Å². The number of carbonyl (C=O) groups is 4. The van der Waals surface area contributed by atoms with Crippen LogP contribution in [-0.4, -0.2) is 68.3 Å². The smallest absolute Gasteiger partial charge is 0.340 e. The number of hydrogen-bond donors (Lipinski definition) is 0. The van der Waals surface area contributed by atoms with Crippen LogP contribution in [-0.2, 0) is 42.9 Å². The number of fused-ring (bicyclic) bond motifs is 1. The summed E-state index contributed by atoms with van der Waals surface area (Å²) in [5.74, 6) is -2.75. The maximum Gasteiger partial charge on any atom is 0.340 e. The normalized spacial score (nSPS) is 22.7. The molecule has 38 heavy (non-hydrogen) atoms. The van der Waals surface area contributed by atoms with Crippen molar-refractivity contribution in [3.63, 3.8) is 0 Å². The summed E-state index contributed by atoms with van der Waals surface area (Å²) in [6.45, 7) is 5.84. The van der Waals surface area contributed by atoms with E-state index in [1.54, 1.807) is 13.0 Å². The van der Waals surface area contributed by atoms with E-state index in [4.69, 9.17) is 37.6 Å². The van der Waals surface area contributed by atoms with E-state index in [9.17, 15) is 24.0 Å². The van der Waals surface area contributed by atoms with Gasteiger partial charge in [0.15, 0.2) is 23.5 Å². The Labute approximate surface area is 216 Å². The second-order valence-electron chi connectivity index (χ2n) is 8.40. The molecule has 2 aromatic rings. The van der Waals surface area contributed by atoms with Gasteiger partial charge in [-0.3, -0.25) is 19.2 Å². The van der Waals surface area contributed by atoms with E-state index >= 15 is 0 Å². The maximum atomic E-state index is 12.2. The van der Waals surface area contributed by atoms with Gasteiger partial charge < -0.3 is 37.6 Å². The Morgan fingerprint density at radius 2 is 1.45 bits per heavy atom. The molecule has 0 spiro atoms. The van der Waals surface area contributed by atoms with Gasteiger partial charge in [-0.1, -0.05) is 6.07 Å². The van der Waals surface area contributed by atoms with E-state index in [1.807, 2.05) is 0 Å². The number of aryl methyl sites for hydroxylation is 1. The molecule has 1 aromatic heterocycles. The molecule has 0 bridgehead atoms. The SMILES string of the molecule is COc1cc(=O)oc2c(OC3OC(COC(C)=O)C(OC(C)=O)C(OC(C)=O)C3OC(C)=O)ccc(C)c12. The zero-order chi connectivity index (χ0) is 28.1. The molecule has 0 saturated carbocycles. The molecule has 5 unspecified atom stereocenters. The summed E-state index contributed by atoms with van der Waals surface area (Å²) < 4.78 is 43.9. The van der Waals surface area contributed by atoms with Crippen molar-refractivity contribution in [2.75, 3.05) is 13.7 Å². The number of rotatable bonds is 8. The highest BCUT2D eigenvalue weighted by molar-refractivity contribution is 5.90. The molecule has 1 fully saturated rings. The fourth-order valence-electron chi connectivity index (χ4n) is 4.04. The van der Waals surface area contributed by atoms with Crippen LogP contribution in [0.3, 0.4) is 0 Å². The van der Waals surface area contributed by atoms with Crippen LogP contribution in [0, 0.1) is 6.92 Å². The topological polar surface area (TPSA) is 163 Å². The summed E-state index contributed by atoms with van der Waals surface area (Å²) in [7, 11) is 1.39. The highest BCUT2D eigenvalue weighted by Crippen LogP contribution is 2.36. The van der Waals surface area contributed by atoms with E-state index in [2.05, 4.69) is 0 Å². The lowest BCUT2D eigenvalue weighted by molar-refractivity contribution is -0.288. The molecular formula is C25H28O13. The Morgan fingerprint density at radius 3 is 2.03 bits per heavy atom. The van der Waals surface area contributed by atoms with Crippen LogP contribution in [0.2, 0.25) is 0 Å². The molecular weight excluding hydrogens is 508 g/mol. The van der Waals surface area contributed by atoms with E-state index in [0.29, 0.717) is 10.9 Å². The van der Waals surface area contributed by atoms with Crippen molar-refractivity contribution in [1.82, 2.24) is 0 Å². The highest BCUT2D eigenvalue weighted by atomic mass is 16.7. The first kappa shape index (κ1) is 28.4. The molecule has 0 amide bonds. The molecule has 5 atom stereocenters. The lowest BCUT2D eigenvalue weighted by Gasteiger charge is -2.43. The molecule has 1 saturated heterocycles. The Bertz CT molecular complexity index is 1280. The first-order valence-corrected chi connectivity index (χ1v) is 11.5. The Morgan fingerprint density at radius 1 is 0.842 bits per heavy atom. The maximum absolute atomic E-state index is 12.2. The largest absolute Gasteiger partial charge is 0.496 e. The standard InChI is InChI=1S/C25H28O13/c1-11-7-8-16(21-20(11)17(31-6)9-19(30)38-21)36-25-24(35-15(5)29)23(34-14(4)28)22(33-13(3)27)18(37-25)10-32-12(2)26/h7-9,18,22-25H,10H2,1-6H3. The molecule has 3 rings (SSSR count). The van der Waals surface area contributed by atoms with Gasteiger partial charge in [0, 0.05) is 27.7 Å². The Hall–Kier alpha value is -4.13. The van der Waals surface area contributed by atoms with Gasteiger partial charge in [0.25, 0.3) is 0 Å². The third kappa shape index (κ3) is 6.59. The summed E-state index contributed by atoms with van der Waals surface area (Å²) in [5, 5.41) is 0.440. The van der Waals surface area contributed by atoms with E-state index in [-0.39, 0.29) is 17.1 Å². The van der Waals surface area contributed by atoms with Crippen molar-refractivity contribution in [1.29, 1.82) is 0 Å². The van der Waals surface area contributed by atoms with E-state index < -0.39 is 66.8 Å². The summed E-state index contributed by atoms with van der Waals surface area (Å²) in [5.41, 5.74) is 0.00282. The van der Waals surface area contributed by atoms with Gasteiger partial charge in [0.1, 0.15) is 18.5 Å². The first-order valence-electron chi connectivity index (χ1n) is 11.5. The van der Waals surface area contributed by atoms with Crippen LogP contribution in [0.5, 0.6) is 11.5 Å². The summed E-state index contributed by atoms with van der Waals surface area (Å²) in [6, 6.07) is 4.34. The molecule has 0 aliphatic carbocycles. The fourth-order valence-corrected chi connectivity index (χ4v) is 4.04. The van der Waals surface area contributed by atoms with Gasteiger partial charge >= 0.3 is 29.5 Å². The number of benzene rings is 1. The van der Waals surface area contributed by atoms with Gasteiger partial charge in [-0.15, -0.1) is 0 Å². The van der Waals surface area contributed by atoms with E-state index in [0.717, 1.165) is 27.7 Å². The van der Waals surface area contributed by atoms with Crippen molar-refractivity contribution in [2.24, 2.45) is 0 Å². The van der Waals surface area contributed by atoms with Crippen molar-refractivity contribution in [3.05, 3.63) is 34.2 Å². The minimum Gasteiger partial charge on any atom is -0.496 e. The third-order valence-electron chi connectivity index (χ3n) is 5.44. The van der Waals surface area contributed by atoms with Crippen molar-refractivity contribution in [3.8, 4) is 11.5 Å². The number of ether oxygens (including phenoxy) is 7. The number of hydrogen-bond acceptors (Lipinski definition) is 13. The second kappa shape index (κ2) is 11.9. The fraction of sp³-hybridized carbons (Fsp3) is 0.480. The summed E-state index contributed by atoms with van der Waals surface area (Å²) in [4.78, 5) is 59.6. The quantitative estimate of drug-likeness (QED) is 0.272. The Kier molecular flexibility index (Phi) is 8.94. The molecule has 2 heterocycles. The number of carbonyl (C=O) groups excluding carboxylic acids is 4. The highest BCUT2D eigenvalue weighted by Gasteiger charge is 2.53. The predicted molar refractivity (Wildman–Crippen MR) is 126 cm³/mol. The molecule has 1 aliphatic rings. The molecule has 0 N–H and O–H groups in total. The average Bonchev–Trinajstić information content (AvgIpc) is 2.81. The van der Waals surface area contributed by atoms with Gasteiger partial charge in [-0.2, -0.15) is 0 Å². The predicted octanol–water partition coefficient (Wildman–Crippen LogP) is 1.57. The van der Waals surface area contributed by atoms with Crippen molar-refractivity contribution < 1.29 is 56.8 Å². The van der Waals surface area contributed by atoms with E-state index in [1.165, 1.54) is 19.2 Å². The van der Waals surface area contributed by atoms with Crippen LogP contribution in [0.4, 0.5) is 0 Å². The molecule has 13 heteroatoms. The number of methoxy groups -OCH3 is 1. The van der Waals surface area contributed by atoms with Gasteiger partial charge in [-0.05, 0) is 18.6 Å². The zero-order valence-corrected chi connectivity index (χ0v) is 21.6. The van der Waals surface area contributed by atoms with Gasteiger partial charge in [0.05, 0.1) is 18.6 Å². The molecule has 1 aliphatic heterocycles. The van der Waals surface area contributed by atoms with Crippen LogP contribution in [0.1, 0.15) is 33.3 Å². The third-order valence-corrected chi connectivity index (χ3v) is 5.44. The number of esters is 4. The lowest BCUT2D eigenvalue weighted by Crippen LogP contribution is -2.63. The summed E-state index contributed by atoms with van der Waals surface area (Å²) in [6.07, 6.45) is -6.92. The lowest BCUT2D eigenvalue weighted by atomic mass is 9.98. The first-order chi connectivity index (χ1) is 17.9. The van der Waals surface area contributed by atoms with Gasteiger partial charge in [-0.25, -0.2) is 4.79 Å². The zero-order valence-electron chi connectivity index (χ0n) is 21.6. The molecule has 0 radical (unpaired) electrons. The van der Waals surface area contributed by atoms with Crippen molar-refractivity contribution >= 4 is 34.8 Å². The second-order valence-corrected chi connectivity index (χ2v) is 8.40. The van der Waals surface area contributed by atoms with Crippen molar-refractivity contribution in [2.45, 2.75) is 65.3 Å².